The van der Waals surface area contributed by atoms with Crippen molar-refractivity contribution in [3.63, 3.8) is 0 Å². The van der Waals surface area contributed by atoms with Gasteiger partial charge in [-0.3, -0.25) is 5.41 Å². The van der Waals surface area contributed by atoms with Crippen LogP contribution in [-0.2, 0) is 0 Å². The van der Waals surface area contributed by atoms with E-state index >= 15 is 0 Å². The van der Waals surface area contributed by atoms with E-state index in [1.54, 1.807) is 13.0 Å². The highest BCUT2D eigenvalue weighted by molar-refractivity contribution is 6.02. The Bertz CT molecular complexity index is 493. The molecule has 0 radical (unpaired) electrons. The van der Waals surface area contributed by atoms with Crippen LogP contribution in [0.15, 0.2) is 24.3 Å². The molecule has 0 aliphatic carbocycles. The van der Waals surface area contributed by atoms with Gasteiger partial charge in [-0.2, -0.15) is 13.2 Å². The fourth-order valence-electron chi connectivity index (χ4n) is 1.35. The average Bonchev–Trinajstić information content (AvgIpc) is 2.28. The van der Waals surface area contributed by atoms with Crippen LogP contribution >= 0.6 is 0 Å². The third kappa shape index (κ3) is 3.26. The molecule has 1 aromatic carbocycles. The van der Waals surface area contributed by atoms with E-state index in [1.165, 1.54) is 19.2 Å². The molecule has 0 fully saturated rings. The summed E-state index contributed by atoms with van der Waals surface area (Å²) in [6.45, 7) is 1.64. The first-order valence-electron chi connectivity index (χ1n) is 5.11. The Balaban J connectivity index is 3.14. The maximum absolute atomic E-state index is 12.3. The number of benzene rings is 1. The van der Waals surface area contributed by atoms with Crippen LogP contribution in [0.3, 0.4) is 0 Å². The molecule has 0 aromatic heterocycles. The fraction of sp³-hybridized carbons (Fsp3) is 0.250. The Morgan fingerprint density at radius 2 is 2.00 bits per heavy atom. The lowest BCUT2D eigenvalue weighted by Gasteiger charge is -2.11. The number of allylic oxidation sites excluding steroid dienone is 1. The summed E-state index contributed by atoms with van der Waals surface area (Å²) in [5, 5.41) is 18.9. The SMILES string of the molecule is CN/C(=C\C(=N)C(F)(F)F)c1ccc(O)c(C)c1. The van der Waals surface area contributed by atoms with Crippen LogP contribution < -0.4 is 5.32 Å². The number of hydrogen-bond donors (Lipinski definition) is 3. The molecule has 0 spiro atoms. The summed E-state index contributed by atoms with van der Waals surface area (Å²) < 4.78 is 36.8. The molecule has 0 saturated carbocycles. The minimum atomic E-state index is -4.67. The van der Waals surface area contributed by atoms with E-state index in [4.69, 9.17) is 5.41 Å². The van der Waals surface area contributed by atoms with Crippen molar-refractivity contribution in [3.05, 3.63) is 35.4 Å². The highest BCUT2D eigenvalue weighted by Gasteiger charge is 2.32. The standard InChI is InChI=1S/C12H13F3N2O/c1-7-5-8(3-4-10(7)18)9(17-2)6-11(16)12(13,14)15/h3-6,16-18H,1-2H3/b9-6-,16-11?. The number of halogens is 3. The normalized spacial score (nSPS) is 12.4. The van der Waals surface area contributed by atoms with Gasteiger partial charge in [0.15, 0.2) is 0 Å². The van der Waals surface area contributed by atoms with Crippen molar-refractivity contribution in [2.24, 2.45) is 0 Å². The van der Waals surface area contributed by atoms with Gasteiger partial charge in [0.25, 0.3) is 0 Å². The van der Waals surface area contributed by atoms with Gasteiger partial charge >= 0.3 is 6.18 Å². The highest BCUT2D eigenvalue weighted by Crippen LogP contribution is 2.23. The van der Waals surface area contributed by atoms with Crippen LogP contribution in [0.5, 0.6) is 5.75 Å². The topological polar surface area (TPSA) is 56.1 Å². The second kappa shape index (κ2) is 5.12. The number of alkyl halides is 3. The summed E-state index contributed by atoms with van der Waals surface area (Å²) in [5.41, 5.74) is -0.244. The quantitative estimate of drug-likeness (QED) is 0.730. The zero-order valence-corrected chi connectivity index (χ0v) is 9.89. The van der Waals surface area contributed by atoms with E-state index in [1.807, 2.05) is 0 Å². The fourth-order valence-corrected chi connectivity index (χ4v) is 1.35. The molecule has 0 unspecified atom stereocenters. The van der Waals surface area contributed by atoms with E-state index in [9.17, 15) is 18.3 Å². The zero-order chi connectivity index (χ0) is 13.9. The second-order valence-corrected chi connectivity index (χ2v) is 3.72. The van der Waals surface area contributed by atoms with E-state index < -0.39 is 11.9 Å². The Kier molecular flexibility index (Phi) is 4.00. The predicted octanol–water partition coefficient (Wildman–Crippen LogP) is 2.84. The number of aryl methyl sites for hydroxylation is 1. The van der Waals surface area contributed by atoms with Crippen LogP contribution in [0.1, 0.15) is 11.1 Å². The van der Waals surface area contributed by atoms with Crippen LogP contribution in [0.2, 0.25) is 0 Å². The monoisotopic (exact) mass is 258 g/mol. The molecule has 0 aliphatic rings. The average molecular weight is 258 g/mol. The molecule has 3 nitrogen and oxygen atoms in total. The van der Waals surface area contributed by atoms with E-state index in [0.29, 0.717) is 17.2 Å². The van der Waals surface area contributed by atoms with Gasteiger partial charge in [0.2, 0.25) is 0 Å². The Labute approximate surface area is 102 Å². The van der Waals surface area contributed by atoms with Gasteiger partial charge in [-0.15, -0.1) is 0 Å². The summed E-state index contributed by atoms with van der Waals surface area (Å²) in [6.07, 6.45) is -3.96. The molecule has 6 heteroatoms. The van der Waals surface area contributed by atoms with Crippen LogP contribution in [0.25, 0.3) is 5.70 Å². The van der Waals surface area contributed by atoms with E-state index in [0.717, 1.165) is 0 Å². The van der Waals surface area contributed by atoms with Gasteiger partial charge in [-0.25, -0.2) is 0 Å². The van der Waals surface area contributed by atoms with E-state index in [-0.39, 0.29) is 11.4 Å². The van der Waals surface area contributed by atoms with Crippen molar-refractivity contribution >= 4 is 11.4 Å². The molecular formula is C12H13F3N2O. The summed E-state index contributed by atoms with van der Waals surface area (Å²) in [7, 11) is 1.47. The largest absolute Gasteiger partial charge is 0.508 e. The lowest BCUT2D eigenvalue weighted by molar-refractivity contribution is -0.0583. The van der Waals surface area contributed by atoms with Crippen molar-refractivity contribution in [1.82, 2.24) is 5.32 Å². The lowest BCUT2D eigenvalue weighted by atomic mass is 10.1. The minimum absolute atomic E-state index is 0.0695. The zero-order valence-electron chi connectivity index (χ0n) is 9.89. The molecule has 1 rings (SSSR count). The van der Waals surface area contributed by atoms with Crippen molar-refractivity contribution in [2.45, 2.75) is 13.1 Å². The van der Waals surface area contributed by atoms with Gasteiger partial charge in [-0.05, 0) is 42.3 Å². The number of nitrogens with one attached hydrogen (secondary N) is 2. The smallest absolute Gasteiger partial charge is 0.432 e. The van der Waals surface area contributed by atoms with Gasteiger partial charge < -0.3 is 10.4 Å². The van der Waals surface area contributed by atoms with Crippen LogP contribution in [0, 0.1) is 12.3 Å². The van der Waals surface area contributed by atoms with Gasteiger partial charge in [0.1, 0.15) is 11.5 Å². The van der Waals surface area contributed by atoms with Gasteiger partial charge in [0, 0.05) is 12.7 Å². The third-order valence-electron chi connectivity index (χ3n) is 2.37. The van der Waals surface area contributed by atoms with Crippen LogP contribution in [-0.4, -0.2) is 24.0 Å². The summed E-state index contributed by atoms with van der Waals surface area (Å²) in [5.74, 6) is 0.0695. The van der Waals surface area contributed by atoms with Crippen LogP contribution in [0.4, 0.5) is 13.2 Å². The Hall–Kier alpha value is -1.98. The summed E-state index contributed by atoms with van der Waals surface area (Å²) in [6, 6.07) is 4.42. The molecule has 0 heterocycles. The van der Waals surface area contributed by atoms with E-state index in [2.05, 4.69) is 5.32 Å². The molecule has 98 valence electrons. The lowest BCUT2D eigenvalue weighted by Crippen LogP contribution is -2.21. The first-order valence-corrected chi connectivity index (χ1v) is 5.11. The number of hydrogen-bond acceptors (Lipinski definition) is 3. The molecule has 0 aliphatic heterocycles. The Morgan fingerprint density at radius 1 is 1.39 bits per heavy atom. The molecular weight excluding hydrogens is 245 g/mol. The van der Waals surface area contributed by atoms with Crippen molar-refractivity contribution in [1.29, 1.82) is 5.41 Å². The number of rotatable bonds is 3. The Morgan fingerprint density at radius 3 is 2.44 bits per heavy atom. The number of phenolic OH excluding ortho intramolecular Hbond substituents is 1. The molecule has 18 heavy (non-hydrogen) atoms. The van der Waals surface area contributed by atoms with Crippen molar-refractivity contribution in [2.75, 3.05) is 7.05 Å². The number of aromatic hydroxyl groups is 1. The van der Waals surface area contributed by atoms with Crippen molar-refractivity contribution < 1.29 is 18.3 Å². The molecule has 0 amide bonds. The highest BCUT2D eigenvalue weighted by atomic mass is 19.4. The summed E-state index contributed by atoms with van der Waals surface area (Å²) in [4.78, 5) is 0. The maximum atomic E-state index is 12.3. The molecule has 0 bridgehead atoms. The first kappa shape index (κ1) is 14.1. The molecule has 1 aromatic rings. The molecule has 0 atom stereocenters. The van der Waals surface area contributed by atoms with Gasteiger partial charge in [-0.1, -0.05) is 0 Å². The third-order valence-corrected chi connectivity index (χ3v) is 2.37. The number of phenols is 1. The second-order valence-electron chi connectivity index (χ2n) is 3.72. The molecule has 0 saturated heterocycles. The predicted molar refractivity (Wildman–Crippen MR) is 63.7 cm³/mol. The van der Waals surface area contributed by atoms with Crippen molar-refractivity contribution in [3.8, 4) is 5.75 Å². The summed E-state index contributed by atoms with van der Waals surface area (Å²) >= 11 is 0. The molecule has 3 N–H and O–H groups in total. The first-order chi connectivity index (χ1) is 8.25. The minimum Gasteiger partial charge on any atom is -0.508 e. The van der Waals surface area contributed by atoms with Gasteiger partial charge in [0.05, 0.1) is 0 Å². The maximum Gasteiger partial charge on any atom is 0.432 e.